The number of esters is 1. The Balaban J connectivity index is 2.35. The molecule has 0 saturated heterocycles. The summed E-state index contributed by atoms with van der Waals surface area (Å²) < 4.78 is 5.29. The van der Waals surface area contributed by atoms with Crippen molar-refractivity contribution in [1.82, 2.24) is 0 Å². The van der Waals surface area contributed by atoms with Crippen LogP contribution in [0.15, 0.2) is 30.4 Å². The average Bonchev–Trinajstić information content (AvgIpc) is 2.45. The van der Waals surface area contributed by atoms with Crippen LogP contribution in [0, 0.1) is 0 Å². The maximum Gasteiger partial charge on any atom is 0.343 e. The Morgan fingerprint density at radius 1 is 1.22 bits per heavy atom. The average molecular weight is 318 g/mol. The number of hydrogen-bond acceptors (Lipinski definition) is 5. The van der Waals surface area contributed by atoms with E-state index in [1.54, 1.807) is 25.2 Å². The van der Waals surface area contributed by atoms with Crippen molar-refractivity contribution in [2.24, 2.45) is 0 Å². The Morgan fingerprint density at radius 3 is 2.78 bits per heavy atom. The van der Waals surface area contributed by atoms with Gasteiger partial charge in [-0.05, 0) is 50.3 Å². The largest absolute Gasteiger partial charge is 0.508 e. The van der Waals surface area contributed by atoms with Gasteiger partial charge in [-0.25, -0.2) is 4.79 Å². The third kappa shape index (κ3) is 4.86. The van der Waals surface area contributed by atoms with Gasteiger partial charge in [0.05, 0.1) is 6.10 Å². The van der Waals surface area contributed by atoms with E-state index in [2.05, 4.69) is 0 Å². The van der Waals surface area contributed by atoms with Crippen molar-refractivity contribution in [2.45, 2.75) is 44.8 Å². The highest BCUT2D eigenvalue weighted by Crippen LogP contribution is 2.29. The van der Waals surface area contributed by atoms with Gasteiger partial charge in [-0.15, -0.1) is 0 Å². The molecule has 23 heavy (non-hydrogen) atoms. The zero-order valence-electron chi connectivity index (χ0n) is 13.1. The molecule has 1 aromatic carbocycles. The minimum Gasteiger partial charge on any atom is -0.508 e. The number of aliphatic hydroxyl groups excluding tert-OH is 1. The number of benzene rings is 1. The van der Waals surface area contributed by atoms with Crippen LogP contribution in [0.25, 0.3) is 6.08 Å². The number of cyclic esters (lactones) is 1. The minimum absolute atomic E-state index is 0.0383. The van der Waals surface area contributed by atoms with Crippen molar-refractivity contribution < 1.29 is 24.9 Å². The van der Waals surface area contributed by atoms with E-state index in [4.69, 9.17) is 4.74 Å². The van der Waals surface area contributed by atoms with Gasteiger partial charge in [0.15, 0.2) is 0 Å². The molecule has 3 N–H and O–H groups in total. The molecule has 5 heteroatoms. The number of fused-ring (bicyclic) bond motifs is 1. The van der Waals surface area contributed by atoms with E-state index in [1.165, 1.54) is 6.07 Å². The first-order valence-corrected chi connectivity index (χ1v) is 7.75. The summed E-state index contributed by atoms with van der Waals surface area (Å²) in [7, 11) is 0. The lowest BCUT2D eigenvalue weighted by molar-refractivity contribution is 0.0420. The van der Waals surface area contributed by atoms with E-state index in [0.717, 1.165) is 18.9 Å². The van der Waals surface area contributed by atoms with Gasteiger partial charge in [-0.3, -0.25) is 0 Å². The highest BCUT2D eigenvalue weighted by atomic mass is 16.5. The summed E-state index contributed by atoms with van der Waals surface area (Å²) in [6.45, 7) is 1.71. The molecule has 0 radical (unpaired) electrons. The highest BCUT2D eigenvalue weighted by molar-refractivity contribution is 5.97. The Bertz CT molecular complexity index is 618. The van der Waals surface area contributed by atoms with Crippen molar-refractivity contribution in [3.05, 3.63) is 41.5 Å². The van der Waals surface area contributed by atoms with Crippen LogP contribution >= 0.6 is 0 Å². The van der Waals surface area contributed by atoms with Crippen LogP contribution < -0.4 is 0 Å². The predicted molar refractivity (Wildman–Crippen MR) is 87.3 cm³/mol. The molecule has 0 saturated carbocycles. The predicted octanol–water partition coefficient (Wildman–Crippen LogP) is 3.15. The Labute approximate surface area is 135 Å². The molecule has 1 aliphatic heterocycles. The molecular weight excluding hydrogens is 296 g/mol. The van der Waals surface area contributed by atoms with Crippen LogP contribution in [-0.4, -0.2) is 33.5 Å². The summed E-state index contributed by atoms with van der Waals surface area (Å²) in [6.07, 6.45) is 8.86. The molecule has 1 heterocycles. The lowest BCUT2D eigenvalue weighted by atomic mass is 10.0. The summed E-state index contributed by atoms with van der Waals surface area (Å²) in [4.78, 5) is 12.3. The quantitative estimate of drug-likeness (QED) is 0.505. The summed E-state index contributed by atoms with van der Waals surface area (Å²) in [5.74, 6) is -1.09. The maximum absolute atomic E-state index is 12.3. The van der Waals surface area contributed by atoms with Crippen LogP contribution in [0.4, 0.5) is 0 Å². The molecule has 124 valence electrons. The molecule has 2 atom stereocenters. The second kappa shape index (κ2) is 7.83. The molecule has 5 nitrogen and oxygen atoms in total. The molecule has 0 amide bonds. The van der Waals surface area contributed by atoms with Gasteiger partial charge in [-0.2, -0.15) is 0 Å². The van der Waals surface area contributed by atoms with E-state index in [1.807, 2.05) is 6.08 Å². The smallest absolute Gasteiger partial charge is 0.343 e. The van der Waals surface area contributed by atoms with Crippen molar-refractivity contribution in [3.8, 4) is 11.5 Å². The first kappa shape index (κ1) is 17.1. The first-order chi connectivity index (χ1) is 11.0. The lowest BCUT2D eigenvalue weighted by Crippen LogP contribution is -2.14. The van der Waals surface area contributed by atoms with Gasteiger partial charge in [0.2, 0.25) is 0 Å². The number of carbonyl (C=O) groups excluding carboxylic acids is 1. The molecule has 1 aliphatic rings. The minimum atomic E-state index is -0.656. The number of hydrogen-bond donors (Lipinski definition) is 3. The molecule has 0 aromatic heterocycles. The number of rotatable bonds is 0. The fourth-order valence-electron chi connectivity index (χ4n) is 2.48. The normalized spacial score (nSPS) is 25.7. The standard InChI is InChI=1S/C18H22O5/c1-12-6-5-9-14(19)8-4-2-3-7-13-10-15(20)11-16(21)17(13)18(22)23-12/h3,5-7,10-12,14,19-21H,2,4,8-9H2,1H3/b6-5+,7-3+/t12-,14+/m0/s1. The van der Waals surface area contributed by atoms with Crippen LogP contribution in [-0.2, 0) is 4.74 Å². The Morgan fingerprint density at radius 2 is 2.00 bits per heavy atom. The Kier molecular flexibility index (Phi) is 5.82. The second-order valence-corrected chi connectivity index (χ2v) is 5.69. The molecule has 0 aliphatic carbocycles. The summed E-state index contributed by atoms with van der Waals surface area (Å²) in [5, 5.41) is 29.4. The number of ether oxygens (including phenoxy) is 1. The molecule has 0 fully saturated rings. The van der Waals surface area contributed by atoms with Gasteiger partial charge < -0.3 is 20.1 Å². The van der Waals surface area contributed by atoms with E-state index in [9.17, 15) is 20.1 Å². The van der Waals surface area contributed by atoms with E-state index in [0.29, 0.717) is 18.4 Å². The number of aromatic hydroxyl groups is 2. The van der Waals surface area contributed by atoms with Crippen LogP contribution in [0.2, 0.25) is 0 Å². The SMILES string of the molecule is C[C@H]1/C=C/C[C@H](O)CCC/C=C/c2cc(O)cc(O)c2C(=O)O1. The monoisotopic (exact) mass is 318 g/mol. The first-order valence-electron chi connectivity index (χ1n) is 7.75. The number of aliphatic hydroxyl groups is 1. The number of phenolic OH excluding ortho intramolecular Hbond substituents is 2. The van der Waals surface area contributed by atoms with Gasteiger partial charge in [0.1, 0.15) is 23.2 Å². The van der Waals surface area contributed by atoms with Crippen molar-refractivity contribution in [3.63, 3.8) is 0 Å². The fourth-order valence-corrected chi connectivity index (χ4v) is 2.48. The highest BCUT2D eigenvalue weighted by Gasteiger charge is 2.19. The zero-order chi connectivity index (χ0) is 16.8. The van der Waals surface area contributed by atoms with Crippen LogP contribution in [0.5, 0.6) is 11.5 Å². The summed E-state index contributed by atoms with van der Waals surface area (Å²) in [5.41, 5.74) is 0.442. The fraction of sp³-hybridized carbons (Fsp3) is 0.389. The Hall–Kier alpha value is -2.27. The number of allylic oxidation sites excluding steroid dienone is 1. The second-order valence-electron chi connectivity index (χ2n) is 5.69. The van der Waals surface area contributed by atoms with Gasteiger partial charge in [0, 0.05) is 6.07 Å². The van der Waals surface area contributed by atoms with Crippen LogP contribution in [0.1, 0.15) is 48.5 Å². The molecule has 0 bridgehead atoms. The molecular formula is C18H22O5. The van der Waals surface area contributed by atoms with E-state index in [-0.39, 0.29) is 17.1 Å². The van der Waals surface area contributed by atoms with Gasteiger partial charge >= 0.3 is 5.97 Å². The maximum atomic E-state index is 12.3. The van der Waals surface area contributed by atoms with E-state index < -0.39 is 18.2 Å². The number of phenols is 2. The lowest BCUT2D eigenvalue weighted by Gasteiger charge is -2.14. The molecule has 2 rings (SSSR count). The zero-order valence-corrected chi connectivity index (χ0v) is 13.1. The molecule has 0 spiro atoms. The van der Waals surface area contributed by atoms with Gasteiger partial charge in [-0.1, -0.05) is 18.2 Å². The topological polar surface area (TPSA) is 87.0 Å². The van der Waals surface area contributed by atoms with Crippen molar-refractivity contribution in [1.29, 1.82) is 0 Å². The van der Waals surface area contributed by atoms with Crippen molar-refractivity contribution in [2.75, 3.05) is 0 Å². The molecule has 0 unspecified atom stereocenters. The number of carbonyl (C=O) groups is 1. The van der Waals surface area contributed by atoms with Gasteiger partial charge in [0.25, 0.3) is 0 Å². The summed E-state index contributed by atoms with van der Waals surface area (Å²) >= 11 is 0. The third-order valence-corrected chi connectivity index (χ3v) is 3.65. The van der Waals surface area contributed by atoms with Crippen LogP contribution in [0.3, 0.4) is 0 Å². The summed E-state index contributed by atoms with van der Waals surface area (Å²) in [6, 6.07) is 2.53. The van der Waals surface area contributed by atoms with Crippen molar-refractivity contribution >= 4 is 12.0 Å². The van der Waals surface area contributed by atoms with E-state index >= 15 is 0 Å². The third-order valence-electron chi connectivity index (χ3n) is 3.65. The molecule has 1 aromatic rings.